The third-order valence-corrected chi connectivity index (χ3v) is 4.49. The van der Waals surface area contributed by atoms with Crippen molar-refractivity contribution >= 4 is 5.97 Å². The zero-order chi connectivity index (χ0) is 28.3. The zero-order valence-corrected chi connectivity index (χ0v) is 23.6. The van der Waals surface area contributed by atoms with E-state index in [-0.39, 0.29) is 12.4 Å². The van der Waals surface area contributed by atoms with Crippen molar-refractivity contribution in [3.8, 4) is 0 Å². The summed E-state index contributed by atoms with van der Waals surface area (Å²) in [4.78, 5) is 10.9. The summed E-state index contributed by atoms with van der Waals surface area (Å²) in [7, 11) is 1.35. The number of hydrogen-bond acceptors (Lipinski definition) is 13. The number of ether oxygens (including phenoxy) is 12. The molecule has 39 heavy (non-hydrogen) atoms. The Bertz CT molecular complexity index is 496. The van der Waals surface area contributed by atoms with Crippen LogP contribution in [-0.2, 0) is 61.6 Å². The lowest BCUT2D eigenvalue weighted by molar-refractivity contribution is -0.141. The fraction of sp³-hybridized carbons (Fsp3) is 0.885. The van der Waals surface area contributed by atoms with Crippen LogP contribution >= 0.6 is 0 Å². The van der Waals surface area contributed by atoms with Gasteiger partial charge in [-0.2, -0.15) is 0 Å². The topological polar surface area (TPSA) is 128 Å². The van der Waals surface area contributed by atoms with Crippen LogP contribution in [0.1, 0.15) is 6.42 Å². The van der Waals surface area contributed by atoms with Crippen LogP contribution in [0.15, 0.2) is 12.8 Å². The predicted octanol–water partition coefficient (Wildman–Crippen LogP) is 0.876. The minimum atomic E-state index is -0.285. The van der Waals surface area contributed by atoms with Gasteiger partial charge in [-0.15, -0.1) is 0 Å². The van der Waals surface area contributed by atoms with Crippen LogP contribution in [0.25, 0.3) is 0 Å². The first-order valence-corrected chi connectivity index (χ1v) is 13.4. The molecule has 0 atom stereocenters. The maximum Gasteiger partial charge on any atom is 0.307 e. The van der Waals surface area contributed by atoms with E-state index in [9.17, 15) is 4.79 Å². The van der Waals surface area contributed by atoms with E-state index in [2.05, 4.69) is 11.3 Å². The maximum absolute atomic E-state index is 10.9. The minimum absolute atomic E-state index is 0.246. The molecule has 0 aromatic heterocycles. The molecular formula is C26H50O13. The summed E-state index contributed by atoms with van der Waals surface area (Å²) in [6.45, 7) is 13.7. The Balaban J connectivity index is 3.04. The molecule has 0 rings (SSSR count). The van der Waals surface area contributed by atoms with E-state index in [1.54, 1.807) is 0 Å². The van der Waals surface area contributed by atoms with Gasteiger partial charge in [-0.3, -0.25) is 4.79 Å². The molecule has 0 aliphatic heterocycles. The summed E-state index contributed by atoms with van der Waals surface area (Å²) < 4.78 is 63.3. The second-order valence-corrected chi connectivity index (χ2v) is 7.49. The van der Waals surface area contributed by atoms with Crippen LogP contribution in [0.2, 0.25) is 0 Å². The van der Waals surface area contributed by atoms with E-state index >= 15 is 0 Å². The van der Waals surface area contributed by atoms with Crippen molar-refractivity contribution in [3.05, 3.63) is 12.8 Å². The van der Waals surface area contributed by atoms with Gasteiger partial charge in [0.15, 0.2) is 0 Å². The number of carbonyl (C=O) groups excluding carboxylic acids is 1. The zero-order valence-electron chi connectivity index (χ0n) is 23.6. The van der Waals surface area contributed by atoms with E-state index in [0.717, 1.165) is 0 Å². The summed E-state index contributed by atoms with van der Waals surface area (Å²) in [6.07, 6.45) is 1.64. The van der Waals surface area contributed by atoms with E-state index in [4.69, 9.17) is 52.1 Å². The highest BCUT2D eigenvalue weighted by molar-refractivity contribution is 5.69. The standard InChI is InChI=1S/C26H50O13/c1-3-29-6-7-31-10-11-33-14-15-35-18-19-37-22-23-39-25-24-38-21-20-36-17-16-34-13-12-32-9-8-30-5-4-26(27)28-2/h3H,1,4-25H2,2H3. The molecule has 0 aromatic carbocycles. The second-order valence-electron chi connectivity index (χ2n) is 7.49. The Morgan fingerprint density at radius 3 is 0.897 bits per heavy atom. The molecule has 0 fully saturated rings. The van der Waals surface area contributed by atoms with Crippen molar-refractivity contribution in [1.29, 1.82) is 0 Å². The first-order valence-electron chi connectivity index (χ1n) is 13.4. The van der Waals surface area contributed by atoms with Gasteiger partial charge >= 0.3 is 5.97 Å². The molecule has 13 heteroatoms. The molecule has 232 valence electrons. The van der Waals surface area contributed by atoms with E-state index in [1.807, 2.05) is 0 Å². The SMILES string of the molecule is C=COCCOCCOCCOCCOCCOCCOCCOCCOCCOCCOCCC(=O)OC. The summed E-state index contributed by atoms with van der Waals surface area (Å²) in [5, 5.41) is 0. The third-order valence-electron chi connectivity index (χ3n) is 4.49. The highest BCUT2D eigenvalue weighted by atomic mass is 16.6. The molecule has 0 saturated heterocycles. The van der Waals surface area contributed by atoms with Crippen molar-refractivity contribution < 1.29 is 61.6 Å². The largest absolute Gasteiger partial charge is 0.499 e. The van der Waals surface area contributed by atoms with E-state index in [0.29, 0.717) is 139 Å². The molecule has 0 N–H and O–H groups in total. The smallest absolute Gasteiger partial charge is 0.307 e. The van der Waals surface area contributed by atoms with Crippen molar-refractivity contribution in [1.82, 2.24) is 0 Å². The van der Waals surface area contributed by atoms with Gasteiger partial charge in [0.25, 0.3) is 0 Å². The van der Waals surface area contributed by atoms with Gasteiger partial charge in [0.2, 0.25) is 0 Å². The Hall–Kier alpha value is -1.39. The Morgan fingerprint density at radius 1 is 0.436 bits per heavy atom. The number of rotatable bonds is 34. The number of methoxy groups -OCH3 is 1. The lowest BCUT2D eigenvalue weighted by Crippen LogP contribution is -2.15. The van der Waals surface area contributed by atoms with Gasteiger partial charge in [-0.25, -0.2) is 0 Å². The van der Waals surface area contributed by atoms with E-state index < -0.39 is 0 Å². The molecule has 0 aromatic rings. The summed E-state index contributed by atoms with van der Waals surface area (Å²) >= 11 is 0. The highest BCUT2D eigenvalue weighted by Gasteiger charge is 1.99. The second kappa shape index (κ2) is 34.6. The normalized spacial score (nSPS) is 11.1. The molecule has 0 amide bonds. The van der Waals surface area contributed by atoms with Gasteiger partial charge in [-0.1, -0.05) is 6.58 Å². The van der Waals surface area contributed by atoms with Crippen LogP contribution in [0, 0.1) is 0 Å². The van der Waals surface area contributed by atoms with Crippen molar-refractivity contribution in [2.45, 2.75) is 6.42 Å². The van der Waals surface area contributed by atoms with Crippen molar-refractivity contribution in [3.63, 3.8) is 0 Å². The van der Waals surface area contributed by atoms with Gasteiger partial charge in [0.1, 0.15) is 6.61 Å². The minimum Gasteiger partial charge on any atom is -0.499 e. The van der Waals surface area contributed by atoms with Crippen molar-refractivity contribution in [2.75, 3.05) is 146 Å². The van der Waals surface area contributed by atoms with Crippen LogP contribution in [0.5, 0.6) is 0 Å². The van der Waals surface area contributed by atoms with Gasteiger partial charge in [0.05, 0.1) is 152 Å². The van der Waals surface area contributed by atoms with Gasteiger partial charge in [-0.05, 0) is 0 Å². The molecule has 0 aliphatic carbocycles. The lowest BCUT2D eigenvalue weighted by Gasteiger charge is -2.09. The Morgan fingerprint density at radius 2 is 0.667 bits per heavy atom. The molecule has 0 aliphatic rings. The molecule has 0 saturated carbocycles. The fourth-order valence-electron chi connectivity index (χ4n) is 2.53. The number of carbonyl (C=O) groups is 1. The first kappa shape index (κ1) is 37.6. The lowest BCUT2D eigenvalue weighted by atomic mass is 10.5. The molecule has 0 bridgehead atoms. The summed E-state index contributed by atoms with van der Waals surface area (Å²) in [6, 6.07) is 0. The Kier molecular flexibility index (Phi) is 33.4. The monoisotopic (exact) mass is 570 g/mol. The van der Waals surface area contributed by atoms with Gasteiger partial charge in [0, 0.05) is 0 Å². The molecule has 0 heterocycles. The average molecular weight is 571 g/mol. The first-order chi connectivity index (χ1) is 19.3. The maximum atomic E-state index is 10.9. The fourth-order valence-corrected chi connectivity index (χ4v) is 2.53. The molecule has 0 spiro atoms. The van der Waals surface area contributed by atoms with Crippen LogP contribution in [0.4, 0.5) is 0 Å². The summed E-state index contributed by atoms with van der Waals surface area (Å²) in [5.41, 5.74) is 0. The van der Waals surface area contributed by atoms with Gasteiger partial charge < -0.3 is 56.8 Å². The number of hydrogen-bond donors (Lipinski definition) is 0. The quantitative estimate of drug-likeness (QED) is 0.0617. The number of esters is 1. The average Bonchev–Trinajstić information content (AvgIpc) is 2.95. The Labute approximate surface area is 233 Å². The van der Waals surface area contributed by atoms with Crippen LogP contribution in [0.3, 0.4) is 0 Å². The molecule has 13 nitrogen and oxygen atoms in total. The van der Waals surface area contributed by atoms with Crippen LogP contribution in [-0.4, -0.2) is 152 Å². The third kappa shape index (κ3) is 34.6. The summed E-state index contributed by atoms with van der Waals surface area (Å²) in [5.74, 6) is -0.285. The molecular weight excluding hydrogens is 520 g/mol. The molecule has 0 radical (unpaired) electrons. The van der Waals surface area contributed by atoms with Crippen LogP contribution < -0.4 is 0 Å². The van der Waals surface area contributed by atoms with Crippen molar-refractivity contribution in [2.24, 2.45) is 0 Å². The molecule has 0 unspecified atom stereocenters. The predicted molar refractivity (Wildman–Crippen MR) is 141 cm³/mol. The highest BCUT2D eigenvalue weighted by Crippen LogP contribution is 1.88. The van der Waals surface area contributed by atoms with E-state index in [1.165, 1.54) is 13.4 Å².